The molecule has 1 saturated heterocycles. The molecular formula is C12H17N5O3S. The van der Waals surface area contributed by atoms with Crippen LogP contribution in [0.25, 0.3) is 11.0 Å². The number of aliphatic hydroxyl groups is 1. The van der Waals surface area contributed by atoms with Gasteiger partial charge in [-0.2, -0.15) is 16.9 Å². The molecule has 0 unspecified atom stereocenters. The average molecular weight is 311 g/mol. The van der Waals surface area contributed by atoms with Gasteiger partial charge >= 0.3 is 5.69 Å². The highest BCUT2D eigenvalue weighted by Gasteiger charge is 2.31. The summed E-state index contributed by atoms with van der Waals surface area (Å²) in [4.78, 5) is 29.8. The highest BCUT2D eigenvalue weighted by Crippen LogP contribution is 2.22. The van der Waals surface area contributed by atoms with E-state index in [1.807, 2.05) is 6.26 Å². The first-order chi connectivity index (χ1) is 10.1. The third-order valence-corrected chi connectivity index (χ3v) is 4.53. The second kappa shape index (κ2) is 5.66. The molecule has 9 heteroatoms. The minimum Gasteiger partial charge on any atom is -0.391 e. The summed E-state index contributed by atoms with van der Waals surface area (Å²) in [6.45, 7) is 1.88. The van der Waals surface area contributed by atoms with Gasteiger partial charge in [-0.05, 0) is 12.0 Å². The summed E-state index contributed by atoms with van der Waals surface area (Å²) in [6.07, 6.45) is 1.68. The van der Waals surface area contributed by atoms with Crippen LogP contribution in [0.4, 0.5) is 0 Å². The first-order valence-corrected chi connectivity index (χ1v) is 8.06. The van der Waals surface area contributed by atoms with Gasteiger partial charge in [0.15, 0.2) is 5.52 Å². The number of rotatable bonds is 4. The summed E-state index contributed by atoms with van der Waals surface area (Å²) in [5.74, 6) is 1.16. The Bertz CT molecular complexity index is 751. The molecule has 3 heterocycles. The van der Waals surface area contributed by atoms with Gasteiger partial charge in [-0.25, -0.2) is 4.79 Å². The fourth-order valence-corrected chi connectivity index (χ4v) is 3.53. The Labute approximate surface area is 123 Å². The van der Waals surface area contributed by atoms with E-state index in [0.717, 1.165) is 12.3 Å². The number of β-amino-alcohol motifs (C(OH)–C–C–N with tert-alkyl or cyclic N) is 1. The van der Waals surface area contributed by atoms with Crippen molar-refractivity contribution in [2.24, 2.45) is 5.92 Å². The summed E-state index contributed by atoms with van der Waals surface area (Å²) < 4.78 is 0. The molecule has 1 aliphatic heterocycles. The number of thioether (sulfide) groups is 1. The van der Waals surface area contributed by atoms with E-state index in [4.69, 9.17) is 0 Å². The molecule has 0 spiro atoms. The van der Waals surface area contributed by atoms with Gasteiger partial charge in [-0.15, -0.1) is 0 Å². The largest absolute Gasteiger partial charge is 0.391 e. The first kappa shape index (κ1) is 14.4. The van der Waals surface area contributed by atoms with E-state index < -0.39 is 11.2 Å². The van der Waals surface area contributed by atoms with Crippen molar-refractivity contribution in [2.75, 3.05) is 25.1 Å². The lowest BCUT2D eigenvalue weighted by atomic mass is 10.1. The molecule has 0 amide bonds. The molecule has 0 bridgehead atoms. The van der Waals surface area contributed by atoms with Crippen molar-refractivity contribution in [3.8, 4) is 0 Å². The second-order valence-electron chi connectivity index (χ2n) is 5.31. The molecule has 3 rings (SSSR count). The summed E-state index contributed by atoms with van der Waals surface area (Å²) in [5, 5.41) is 16.8. The van der Waals surface area contributed by atoms with Crippen LogP contribution >= 0.6 is 11.8 Å². The summed E-state index contributed by atoms with van der Waals surface area (Å²) in [5.41, 5.74) is 0.275. The average Bonchev–Trinajstić information content (AvgIpc) is 2.96. The number of hydrogen-bond donors (Lipinski definition) is 4. The molecule has 1 aliphatic rings. The molecule has 8 nitrogen and oxygen atoms in total. The number of nitrogens with zero attached hydrogens (tertiary/aromatic N) is 2. The van der Waals surface area contributed by atoms with E-state index in [2.05, 4.69) is 25.1 Å². The minimum absolute atomic E-state index is 0.199. The predicted molar refractivity (Wildman–Crippen MR) is 80.5 cm³/mol. The zero-order valence-electron chi connectivity index (χ0n) is 11.5. The third-order valence-electron chi connectivity index (χ3n) is 3.77. The van der Waals surface area contributed by atoms with Gasteiger partial charge < -0.3 is 10.1 Å². The highest BCUT2D eigenvalue weighted by atomic mass is 32.2. The third kappa shape index (κ3) is 2.76. The van der Waals surface area contributed by atoms with Crippen molar-refractivity contribution in [1.82, 2.24) is 25.1 Å². The van der Waals surface area contributed by atoms with Crippen molar-refractivity contribution < 1.29 is 5.11 Å². The molecule has 2 aromatic heterocycles. The zero-order valence-corrected chi connectivity index (χ0v) is 12.4. The number of fused-ring (bicyclic) bond motifs is 1. The maximum atomic E-state index is 11.6. The number of likely N-dealkylation sites (tertiary alicyclic amines) is 1. The van der Waals surface area contributed by atoms with Crippen LogP contribution in [0.5, 0.6) is 0 Å². The zero-order chi connectivity index (χ0) is 15.0. The van der Waals surface area contributed by atoms with E-state index in [0.29, 0.717) is 24.3 Å². The number of aromatic amines is 3. The summed E-state index contributed by atoms with van der Waals surface area (Å²) in [6, 6.07) is 0. The molecular weight excluding hydrogens is 294 g/mol. The van der Waals surface area contributed by atoms with E-state index in [9.17, 15) is 14.7 Å². The number of aliphatic hydroxyl groups excluding tert-OH is 1. The second-order valence-corrected chi connectivity index (χ2v) is 6.22. The molecule has 4 N–H and O–H groups in total. The Morgan fingerprint density at radius 2 is 2.19 bits per heavy atom. The van der Waals surface area contributed by atoms with Gasteiger partial charge in [-0.3, -0.25) is 19.8 Å². The van der Waals surface area contributed by atoms with Gasteiger partial charge in [0, 0.05) is 25.6 Å². The van der Waals surface area contributed by atoms with Crippen LogP contribution in [-0.4, -0.2) is 61.4 Å². The number of H-pyrrole nitrogens is 3. The Morgan fingerprint density at radius 1 is 1.38 bits per heavy atom. The molecule has 114 valence electrons. The minimum atomic E-state index is -0.545. The van der Waals surface area contributed by atoms with E-state index >= 15 is 0 Å². The van der Waals surface area contributed by atoms with Crippen molar-refractivity contribution in [1.29, 1.82) is 0 Å². The van der Waals surface area contributed by atoms with E-state index in [-0.39, 0.29) is 17.5 Å². The Hall–Kier alpha value is -1.58. The van der Waals surface area contributed by atoms with Gasteiger partial charge in [-0.1, -0.05) is 0 Å². The van der Waals surface area contributed by atoms with Crippen LogP contribution in [0.1, 0.15) is 5.69 Å². The van der Waals surface area contributed by atoms with Crippen molar-refractivity contribution in [3.05, 3.63) is 26.5 Å². The van der Waals surface area contributed by atoms with Crippen molar-refractivity contribution >= 4 is 22.8 Å². The molecule has 0 saturated carbocycles. The van der Waals surface area contributed by atoms with Crippen LogP contribution in [0.3, 0.4) is 0 Å². The summed E-state index contributed by atoms with van der Waals surface area (Å²) in [7, 11) is 0. The molecule has 0 aliphatic carbocycles. The van der Waals surface area contributed by atoms with Gasteiger partial charge in [0.05, 0.1) is 17.3 Å². The molecule has 0 radical (unpaired) electrons. The van der Waals surface area contributed by atoms with Gasteiger partial charge in [0.2, 0.25) is 0 Å². The molecule has 21 heavy (non-hydrogen) atoms. The standard InChI is InChI=1S/C12H17N5O3S/c1-21-5-6-2-17(4-8(6)18)3-7-9-10(16-15-7)11(19)14-12(20)13-9/h6,8,18H,2-5H2,1H3,(H,15,16)(H2,13,14,19,20)/t6-,8+/m0/s1. The molecule has 2 aromatic rings. The number of nitrogens with one attached hydrogen (secondary N) is 3. The Balaban J connectivity index is 1.83. The molecule has 0 aromatic carbocycles. The van der Waals surface area contributed by atoms with Crippen LogP contribution in [-0.2, 0) is 6.54 Å². The lowest BCUT2D eigenvalue weighted by molar-refractivity contribution is 0.149. The van der Waals surface area contributed by atoms with Crippen LogP contribution in [0.15, 0.2) is 9.59 Å². The SMILES string of the molecule is CSC[C@@H]1CN(Cc2[nH]nc3c(=O)[nH]c(=O)[nH]c23)C[C@H]1O. The van der Waals surface area contributed by atoms with Crippen LogP contribution in [0.2, 0.25) is 0 Å². The Morgan fingerprint density at radius 3 is 2.95 bits per heavy atom. The van der Waals surface area contributed by atoms with Crippen molar-refractivity contribution in [2.45, 2.75) is 12.6 Å². The lowest BCUT2D eigenvalue weighted by Crippen LogP contribution is -2.24. The lowest BCUT2D eigenvalue weighted by Gasteiger charge is -2.14. The Kier molecular flexibility index (Phi) is 3.87. The monoisotopic (exact) mass is 311 g/mol. The number of aromatic nitrogens is 4. The van der Waals surface area contributed by atoms with E-state index in [1.54, 1.807) is 11.8 Å². The smallest absolute Gasteiger partial charge is 0.326 e. The van der Waals surface area contributed by atoms with Crippen LogP contribution < -0.4 is 11.2 Å². The highest BCUT2D eigenvalue weighted by molar-refractivity contribution is 7.98. The maximum Gasteiger partial charge on any atom is 0.326 e. The molecule has 1 fully saturated rings. The normalized spacial score (nSPS) is 23.1. The van der Waals surface area contributed by atoms with Crippen LogP contribution in [0, 0.1) is 5.92 Å². The molecule has 2 atom stereocenters. The van der Waals surface area contributed by atoms with Crippen molar-refractivity contribution in [3.63, 3.8) is 0 Å². The fourth-order valence-electron chi connectivity index (χ4n) is 2.77. The quantitative estimate of drug-likeness (QED) is 0.581. The van der Waals surface area contributed by atoms with Gasteiger partial charge in [0.25, 0.3) is 5.56 Å². The topological polar surface area (TPSA) is 118 Å². The van der Waals surface area contributed by atoms with E-state index in [1.165, 1.54) is 0 Å². The predicted octanol–water partition coefficient (Wildman–Crippen LogP) is -0.905. The first-order valence-electron chi connectivity index (χ1n) is 6.67. The summed E-state index contributed by atoms with van der Waals surface area (Å²) >= 11 is 1.72. The maximum absolute atomic E-state index is 11.6. The van der Waals surface area contributed by atoms with Gasteiger partial charge in [0.1, 0.15) is 0 Å². The fraction of sp³-hybridized carbons (Fsp3) is 0.583. The number of hydrogen-bond acceptors (Lipinski definition) is 6.